The molecule has 0 aliphatic carbocycles. The van der Waals surface area contributed by atoms with Gasteiger partial charge in [-0.1, -0.05) is 12.1 Å². The molecule has 0 aliphatic heterocycles. The number of phenols is 1. The molecular formula is C16H13N5O2. The van der Waals surface area contributed by atoms with Gasteiger partial charge in [0.2, 0.25) is 0 Å². The van der Waals surface area contributed by atoms with Crippen LogP contribution in [0.15, 0.2) is 53.8 Å². The molecule has 0 saturated carbocycles. The summed E-state index contributed by atoms with van der Waals surface area (Å²) >= 11 is 0. The number of benzene rings is 1. The van der Waals surface area contributed by atoms with Crippen LogP contribution in [0.2, 0.25) is 0 Å². The predicted molar refractivity (Wildman–Crippen MR) is 84.5 cm³/mol. The lowest BCUT2D eigenvalue weighted by atomic mass is 10.1. The first-order valence-electron chi connectivity index (χ1n) is 7.13. The summed E-state index contributed by atoms with van der Waals surface area (Å²) in [5.41, 5.74) is 1.46. The van der Waals surface area contributed by atoms with Gasteiger partial charge in [0.15, 0.2) is 0 Å². The Morgan fingerprint density at radius 2 is 1.91 bits per heavy atom. The average molecular weight is 307 g/mol. The van der Waals surface area contributed by atoms with Crippen LogP contribution in [-0.4, -0.2) is 29.3 Å². The minimum atomic E-state index is -0.168. The highest BCUT2D eigenvalue weighted by molar-refractivity contribution is 5.78. The maximum atomic E-state index is 12.8. The summed E-state index contributed by atoms with van der Waals surface area (Å²) < 4.78 is 3.19. The number of nitrogens with zero attached hydrogens (tertiary/aromatic N) is 5. The molecule has 4 rings (SSSR count). The van der Waals surface area contributed by atoms with Gasteiger partial charge in [0.25, 0.3) is 11.3 Å². The minimum absolute atomic E-state index is 0.145. The maximum Gasteiger partial charge on any atom is 0.262 e. The Morgan fingerprint density at radius 3 is 2.70 bits per heavy atom. The normalized spacial score (nSPS) is 12.7. The highest BCUT2D eigenvalue weighted by Crippen LogP contribution is 2.20. The molecule has 3 heterocycles. The molecule has 1 aromatic carbocycles. The van der Waals surface area contributed by atoms with E-state index in [0.717, 1.165) is 5.56 Å². The molecule has 0 aliphatic rings. The summed E-state index contributed by atoms with van der Waals surface area (Å²) in [4.78, 5) is 21.0. The van der Waals surface area contributed by atoms with Gasteiger partial charge in [-0.2, -0.15) is 14.6 Å². The van der Waals surface area contributed by atoms with Crippen LogP contribution in [0.4, 0.5) is 0 Å². The molecule has 1 atom stereocenters. The molecule has 0 fully saturated rings. The quantitative estimate of drug-likeness (QED) is 0.610. The van der Waals surface area contributed by atoms with E-state index in [9.17, 15) is 9.90 Å². The van der Waals surface area contributed by atoms with Crippen LogP contribution in [-0.2, 0) is 0 Å². The summed E-state index contributed by atoms with van der Waals surface area (Å²) in [5.74, 6) is 0.658. The van der Waals surface area contributed by atoms with Crippen molar-refractivity contribution in [3.05, 3.63) is 65.0 Å². The van der Waals surface area contributed by atoms with Gasteiger partial charge in [-0.3, -0.25) is 4.79 Å². The first-order chi connectivity index (χ1) is 11.1. The summed E-state index contributed by atoms with van der Waals surface area (Å²) in [7, 11) is 0. The zero-order valence-corrected chi connectivity index (χ0v) is 12.3. The van der Waals surface area contributed by atoms with Crippen LogP contribution in [0.5, 0.6) is 5.75 Å². The first kappa shape index (κ1) is 13.4. The average Bonchev–Trinajstić information content (AvgIpc) is 3.04. The lowest BCUT2D eigenvalue weighted by molar-refractivity contribution is 0.474. The number of fused-ring (bicyclic) bond motifs is 3. The predicted octanol–water partition coefficient (Wildman–Crippen LogP) is 1.75. The number of hydrogen-bond acceptors (Lipinski definition) is 5. The van der Waals surface area contributed by atoms with Crippen LogP contribution in [0.25, 0.3) is 16.7 Å². The lowest BCUT2D eigenvalue weighted by Gasteiger charge is -2.16. The third-order valence-electron chi connectivity index (χ3n) is 3.99. The number of pyridine rings is 1. The Bertz CT molecular complexity index is 1070. The van der Waals surface area contributed by atoms with E-state index in [1.807, 2.05) is 13.0 Å². The summed E-state index contributed by atoms with van der Waals surface area (Å²) in [6.07, 6.45) is 4.68. The molecule has 1 N–H and O–H groups in total. The molecule has 7 nitrogen and oxygen atoms in total. The topological polar surface area (TPSA) is 85.3 Å². The highest BCUT2D eigenvalue weighted by Gasteiger charge is 2.13. The molecule has 0 saturated heterocycles. The van der Waals surface area contributed by atoms with Crippen LogP contribution in [0, 0.1) is 0 Å². The Labute approximate surface area is 130 Å². The number of phenolic OH excluding ortho intramolecular Hbond substituents is 1. The van der Waals surface area contributed by atoms with Gasteiger partial charge < -0.3 is 9.67 Å². The molecule has 0 amide bonds. The highest BCUT2D eigenvalue weighted by atomic mass is 16.3. The summed E-state index contributed by atoms with van der Waals surface area (Å²) in [6.45, 7) is 1.93. The van der Waals surface area contributed by atoms with Gasteiger partial charge in [-0.25, -0.2) is 4.98 Å². The van der Waals surface area contributed by atoms with Crippen molar-refractivity contribution < 1.29 is 5.11 Å². The molecule has 0 unspecified atom stereocenters. The van der Waals surface area contributed by atoms with E-state index in [0.29, 0.717) is 16.7 Å². The maximum absolute atomic E-state index is 12.8. The lowest BCUT2D eigenvalue weighted by Crippen LogP contribution is -2.24. The van der Waals surface area contributed by atoms with Crippen molar-refractivity contribution in [2.75, 3.05) is 0 Å². The first-order valence-corrected chi connectivity index (χ1v) is 7.13. The van der Waals surface area contributed by atoms with E-state index < -0.39 is 0 Å². The van der Waals surface area contributed by atoms with Crippen LogP contribution in [0.1, 0.15) is 18.5 Å². The van der Waals surface area contributed by atoms with Crippen molar-refractivity contribution in [1.29, 1.82) is 0 Å². The largest absolute Gasteiger partial charge is 0.508 e. The van der Waals surface area contributed by atoms with Gasteiger partial charge in [-0.15, -0.1) is 0 Å². The van der Waals surface area contributed by atoms with Crippen LogP contribution < -0.4 is 5.56 Å². The second kappa shape index (κ2) is 4.91. The second-order valence-corrected chi connectivity index (χ2v) is 5.32. The standard InChI is InChI=1S/C16H13N5O2/c1-10(11-2-4-12(22)5-3-11)20-7-6-14-13(15(20)23)8-17-16-18-9-19-21(14)16/h2-10,22H,1H3/t10-/m0/s1. The van der Waals surface area contributed by atoms with Crippen molar-refractivity contribution in [1.82, 2.24) is 24.1 Å². The van der Waals surface area contributed by atoms with Crippen LogP contribution in [0.3, 0.4) is 0 Å². The molecule has 7 heteroatoms. The van der Waals surface area contributed by atoms with Crippen molar-refractivity contribution in [3.8, 4) is 5.75 Å². The van der Waals surface area contributed by atoms with Crippen molar-refractivity contribution in [3.63, 3.8) is 0 Å². The smallest absolute Gasteiger partial charge is 0.262 e. The van der Waals surface area contributed by atoms with Crippen molar-refractivity contribution in [2.45, 2.75) is 13.0 Å². The van der Waals surface area contributed by atoms with E-state index in [1.54, 1.807) is 39.5 Å². The van der Waals surface area contributed by atoms with Gasteiger partial charge in [-0.05, 0) is 30.7 Å². The molecule has 0 spiro atoms. The third kappa shape index (κ3) is 2.05. The fraction of sp³-hybridized carbons (Fsp3) is 0.125. The Morgan fingerprint density at radius 1 is 1.13 bits per heavy atom. The van der Waals surface area contributed by atoms with E-state index in [1.165, 1.54) is 12.5 Å². The minimum Gasteiger partial charge on any atom is -0.508 e. The van der Waals surface area contributed by atoms with Crippen molar-refractivity contribution in [2.24, 2.45) is 0 Å². The monoisotopic (exact) mass is 307 g/mol. The Hall–Kier alpha value is -3.22. The molecular weight excluding hydrogens is 294 g/mol. The third-order valence-corrected chi connectivity index (χ3v) is 3.99. The molecule has 0 bridgehead atoms. The molecule has 23 heavy (non-hydrogen) atoms. The van der Waals surface area contributed by atoms with Crippen LogP contribution >= 0.6 is 0 Å². The molecule has 3 aromatic heterocycles. The van der Waals surface area contributed by atoms with Gasteiger partial charge in [0.05, 0.1) is 16.9 Å². The van der Waals surface area contributed by atoms with E-state index in [2.05, 4.69) is 15.1 Å². The van der Waals surface area contributed by atoms with Crippen molar-refractivity contribution >= 4 is 16.7 Å². The molecule has 0 radical (unpaired) electrons. The van der Waals surface area contributed by atoms with Gasteiger partial charge in [0, 0.05) is 12.4 Å². The van der Waals surface area contributed by atoms with Gasteiger partial charge >= 0.3 is 0 Å². The fourth-order valence-electron chi connectivity index (χ4n) is 2.70. The number of aromatic nitrogens is 5. The Balaban J connectivity index is 1.90. The molecule has 114 valence electrons. The van der Waals surface area contributed by atoms with E-state index in [4.69, 9.17) is 0 Å². The summed E-state index contributed by atoms with van der Waals surface area (Å²) in [5, 5.41) is 14.0. The second-order valence-electron chi connectivity index (χ2n) is 5.32. The van der Waals surface area contributed by atoms with E-state index >= 15 is 0 Å². The van der Waals surface area contributed by atoms with Gasteiger partial charge in [0.1, 0.15) is 12.1 Å². The zero-order chi connectivity index (χ0) is 16.0. The number of aromatic hydroxyl groups is 1. The molecule has 4 aromatic rings. The Kier molecular flexibility index (Phi) is 2.87. The van der Waals surface area contributed by atoms with E-state index in [-0.39, 0.29) is 17.4 Å². The summed E-state index contributed by atoms with van der Waals surface area (Å²) in [6, 6.07) is 8.48. The number of rotatable bonds is 2. The zero-order valence-electron chi connectivity index (χ0n) is 12.3. The SMILES string of the molecule is C[C@@H](c1ccc(O)cc1)n1ccc2c(cnc3ncnn32)c1=O. The fourth-order valence-corrected chi connectivity index (χ4v) is 2.70. The number of hydrogen-bond donors (Lipinski definition) is 1.